The zero-order valence-corrected chi connectivity index (χ0v) is 14.5. The third-order valence-corrected chi connectivity index (χ3v) is 4.77. The number of carbonyl (C=O) groups is 1. The summed E-state index contributed by atoms with van der Waals surface area (Å²) in [5.74, 6) is 0.144. The number of aliphatic carboxylic acids is 1. The summed E-state index contributed by atoms with van der Waals surface area (Å²) < 4.78 is 0. The minimum atomic E-state index is -0.869. The zero-order valence-electron chi connectivity index (χ0n) is 13.6. The van der Waals surface area contributed by atoms with E-state index in [0.717, 1.165) is 5.75 Å². The first kappa shape index (κ1) is 18.1. The van der Waals surface area contributed by atoms with Crippen molar-refractivity contribution in [2.24, 2.45) is 0 Å². The van der Waals surface area contributed by atoms with E-state index < -0.39 is 11.5 Å². The van der Waals surface area contributed by atoms with Gasteiger partial charge in [0.1, 0.15) is 5.54 Å². The highest BCUT2D eigenvalue weighted by atomic mass is 32.2. The number of carboxylic acids is 1. The van der Waals surface area contributed by atoms with Crippen LogP contribution >= 0.6 is 11.8 Å². The summed E-state index contributed by atoms with van der Waals surface area (Å²) in [6.45, 7) is 9.95. The first-order valence-corrected chi connectivity index (χ1v) is 8.46. The monoisotopic (exact) mass is 309 g/mol. The SMILES string of the molecule is Cc1ccccc1CSC(C)CC(C)(NC(C)C)C(=O)O. The molecule has 0 saturated heterocycles. The normalized spacial score (nSPS) is 15.7. The van der Waals surface area contributed by atoms with Gasteiger partial charge < -0.3 is 5.11 Å². The van der Waals surface area contributed by atoms with Gasteiger partial charge in [0, 0.05) is 17.0 Å². The Morgan fingerprint density at radius 3 is 2.48 bits per heavy atom. The molecule has 0 bridgehead atoms. The predicted octanol–water partition coefficient (Wildman–Crippen LogP) is 3.85. The van der Waals surface area contributed by atoms with Gasteiger partial charge in [-0.2, -0.15) is 11.8 Å². The summed E-state index contributed by atoms with van der Waals surface area (Å²) in [4.78, 5) is 11.5. The first-order valence-electron chi connectivity index (χ1n) is 7.42. The maximum Gasteiger partial charge on any atom is 0.323 e. The third-order valence-electron chi connectivity index (χ3n) is 3.56. The number of aryl methyl sites for hydroxylation is 1. The summed E-state index contributed by atoms with van der Waals surface area (Å²) in [7, 11) is 0. The van der Waals surface area contributed by atoms with Gasteiger partial charge >= 0.3 is 5.97 Å². The minimum Gasteiger partial charge on any atom is -0.480 e. The van der Waals surface area contributed by atoms with E-state index in [4.69, 9.17) is 0 Å². The van der Waals surface area contributed by atoms with Crippen LogP contribution in [0.1, 0.15) is 45.2 Å². The number of rotatable bonds is 8. The fourth-order valence-corrected chi connectivity index (χ4v) is 3.72. The lowest BCUT2D eigenvalue weighted by Crippen LogP contribution is -2.53. The van der Waals surface area contributed by atoms with Crippen LogP contribution in [0.5, 0.6) is 0 Å². The Balaban J connectivity index is 2.61. The molecule has 0 aromatic heterocycles. The van der Waals surface area contributed by atoms with Gasteiger partial charge in [0.25, 0.3) is 0 Å². The molecule has 4 heteroatoms. The molecule has 0 aliphatic heterocycles. The van der Waals surface area contributed by atoms with E-state index in [0.29, 0.717) is 6.42 Å². The van der Waals surface area contributed by atoms with Gasteiger partial charge in [-0.25, -0.2) is 0 Å². The second-order valence-corrected chi connectivity index (χ2v) is 7.62. The van der Waals surface area contributed by atoms with Crippen molar-refractivity contribution in [2.75, 3.05) is 0 Å². The van der Waals surface area contributed by atoms with Gasteiger partial charge in [-0.05, 0) is 45.2 Å². The predicted molar refractivity (Wildman–Crippen MR) is 90.9 cm³/mol. The largest absolute Gasteiger partial charge is 0.480 e. The molecule has 0 radical (unpaired) electrons. The van der Waals surface area contributed by atoms with Crippen molar-refractivity contribution in [1.82, 2.24) is 5.32 Å². The van der Waals surface area contributed by atoms with Crippen molar-refractivity contribution in [3.63, 3.8) is 0 Å². The number of carboxylic acid groups (broad SMARTS) is 1. The smallest absolute Gasteiger partial charge is 0.323 e. The third kappa shape index (κ3) is 5.71. The molecule has 0 amide bonds. The summed E-state index contributed by atoms with van der Waals surface area (Å²) in [6, 6.07) is 8.50. The Morgan fingerprint density at radius 2 is 1.95 bits per heavy atom. The number of hydrogen-bond acceptors (Lipinski definition) is 3. The van der Waals surface area contributed by atoms with Crippen molar-refractivity contribution in [3.8, 4) is 0 Å². The molecule has 0 aliphatic carbocycles. The van der Waals surface area contributed by atoms with Crippen molar-refractivity contribution in [1.29, 1.82) is 0 Å². The van der Waals surface area contributed by atoms with Crippen LogP contribution in [0.15, 0.2) is 24.3 Å². The summed E-state index contributed by atoms with van der Waals surface area (Å²) in [5, 5.41) is 12.9. The molecule has 0 heterocycles. The van der Waals surface area contributed by atoms with Crippen LogP contribution in [0, 0.1) is 6.92 Å². The number of benzene rings is 1. The highest BCUT2D eigenvalue weighted by Crippen LogP contribution is 2.26. The van der Waals surface area contributed by atoms with Crippen molar-refractivity contribution >= 4 is 17.7 Å². The molecule has 1 aromatic rings. The van der Waals surface area contributed by atoms with Crippen LogP contribution in [0.3, 0.4) is 0 Å². The standard InChI is InChI=1S/C17H27NO2S/c1-12(2)18-17(5,16(19)20)10-14(4)21-11-15-9-7-6-8-13(15)3/h6-9,12,14,18H,10-11H2,1-5H3,(H,19,20). The highest BCUT2D eigenvalue weighted by Gasteiger charge is 2.35. The van der Waals surface area contributed by atoms with Crippen LogP contribution in [-0.2, 0) is 10.5 Å². The van der Waals surface area contributed by atoms with Crippen LogP contribution in [0.25, 0.3) is 0 Å². The van der Waals surface area contributed by atoms with E-state index >= 15 is 0 Å². The molecule has 0 fully saturated rings. The molecule has 0 spiro atoms. The van der Waals surface area contributed by atoms with Gasteiger partial charge in [-0.3, -0.25) is 10.1 Å². The lowest BCUT2D eigenvalue weighted by Gasteiger charge is -2.31. The van der Waals surface area contributed by atoms with Crippen LogP contribution in [0.2, 0.25) is 0 Å². The van der Waals surface area contributed by atoms with Crippen molar-refractivity contribution in [3.05, 3.63) is 35.4 Å². The Kier molecular flexibility index (Phi) is 6.75. The molecule has 2 unspecified atom stereocenters. The van der Waals surface area contributed by atoms with E-state index in [2.05, 4.69) is 37.4 Å². The van der Waals surface area contributed by atoms with E-state index in [1.54, 1.807) is 6.92 Å². The van der Waals surface area contributed by atoms with E-state index in [-0.39, 0.29) is 11.3 Å². The van der Waals surface area contributed by atoms with Gasteiger partial charge in [0.15, 0.2) is 0 Å². The highest BCUT2D eigenvalue weighted by molar-refractivity contribution is 7.99. The number of hydrogen-bond donors (Lipinski definition) is 2. The van der Waals surface area contributed by atoms with Gasteiger partial charge in [-0.1, -0.05) is 31.2 Å². The zero-order chi connectivity index (χ0) is 16.0. The second-order valence-electron chi connectivity index (χ2n) is 6.19. The number of nitrogens with one attached hydrogen (secondary N) is 1. The van der Waals surface area contributed by atoms with E-state index in [1.165, 1.54) is 11.1 Å². The van der Waals surface area contributed by atoms with Crippen molar-refractivity contribution in [2.45, 2.75) is 63.6 Å². The van der Waals surface area contributed by atoms with Gasteiger partial charge in [0.05, 0.1) is 0 Å². The minimum absolute atomic E-state index is 0.152. The lowest BCUT2D eigenvalue weighted by molar-refractivity contribution is -0.144. The maximum absolute atomic E-state index is 11.5. The summed E-state index contributed by atoms with van der Waals surface area (Å²) >= 11 is 1.81. The van der Waals surface area contributed by atoms with Crippen LogP contribution in [-0.4, -0.2) is 27.9 Å². The molecule has 1 aromatic carbocycles. The quantitative estimate of drug-likeness (QED) is 0.766. The molecule has 2 atom stereocenters. The van der Waals surface area contributed by atoms with Crippen molar-refractivity contribution < 1.29 is 9.90 Å². The molecule has 1 rings (SSSR count). The van der Waals surface area contributed by atoms with E-state index in [1.807, 2.05) is 31.7 Å². The molecule has 2 N–H and O–H groups in total. The average molecular weight is 309 g/mol. The summed E-state index contributed by atoms with van der Waals surface area (Å²) in [5.41, 5.74) is 1.74. The molecule has 21 heavy (non-hydrogen) atoms. The average Bonchev–Trinajstić information content (AvgIpc) is 2.36. The topological polar surface area (TPSA) is 49.3 Å². The Hall–Kier alpha value is -1.00. The first-order chi connectivity index (χ1) is 9.74. The summed E-state index contributed by atoms with van der Waals surface area (Å²) in [6.07, 6.45) is 0.608. The molecule has 118 valence electrons. The Morgan fingerprint density at radius 1 is 1.33 bits per heavy atom. The van der Waals surface area contributed by atoms with Crippen LogP contribution in [0.4, 0.5) is 0 Å². The van der Waals surface area contributed by atoms with Crippen LogP contribution < -0.4 is 5.32 Å². The maximum atomic E-state index is 11.5. The fraction of sp³-hybridized carbons (Fsp3) is 0.588. The van der Waals surface area contributed by atoms with E-state index in [9.17, 15) is 9.90 Å². The van der Waals surface area contributed by atoms with Gasteiger partial charge in [0.2, 0.25) is 0 Å². The molecule has 0 aliphatic rings. The molecule has 3 nitrogen and oxygen atoms in total. The second kappa shape index (κ2) is 7.85. The molecular formula is C17H27NO2S. The number of thioether (sulfide) groups is 1. The Labute approximate surface area is 132 Å². The lowest BCUT2D eigenvalue weighted by atomic mass is 9.95. The molecular weight excluding hydrogens is 282 g/mol. The van der Waals surface area contributed by atoms with Gasteiger partial charge in [-0.15, -0.1) is 0 Å². The molecule has 0 saturated carbocycles. The fourth-order valence-electron chi connectivity index (χ4n) is 2.48. The Bertz CT molecular complexity index is 476.